The molecule has 0 aliphatic heterocycles. The van der Waals surface area contributed by atoms with Crippen LogP contribution in [0.4, 0.5) is 0 Å². The Morgan fingerprint density at radius 2 is 1.58 bits per heavy atom. The Hall–Kier alpha value is -0.0800. The van der Waals surface area contributed by atoms with E-state index in [1.54, 1.807) is 0 Å². The normalized spacial score (nSPS) is 22.1. The van der Waals surface area contributed by atoms with Crippen molar-refractivity contribution < 1.29 is 0 Å². The molecule has 2 fully saturated rings. The minimum Gasteiger partial charge on any atom is -0.313 e. The van der Waals surface area contributed by atoms with Crippen molar-refractivity contribution in [2.75, 3.05) is 19.6 Å². The average Bonchev–Trinajstić information content (AvgIpc) is 3.05. The van der Waals surface area contributed by atoms with E-state index in [0.717, 1.165) is 18.0 Å². The lowest BCUT2D eigenvalue weighted by Gasteiger charge is -2.30. The Morgan fingerprint density at radius 1 is 0.947 bits per heavy atom. The lowest BCUT2D eigenvalue weighted by Crippen LogP contribution is -2.41. The third-order valence-electron chi connectivity index (χ3n) is 5.02. The SMILES string of the molecule is CC(C)CCN(CCNC1CCCC1)C1CCCC1. The number of nitrogens with one attached hydrogen (secondary N) is 1. The van der Waals surface area contributed by atoms with Crippen LogP contribution in [0.2, 0.25) is 0 Å². The van der Waals surface area contributed by atoms with Gasteiger partial charge in [0.2, 0.25) is 0 Å². The second-order valence-corrected chi connectivity index (χ2v) is 7.09. The van der Waals surface area contributed by atoms with Crippen molar-refractivity contribution in [2.24, 2.45) is 5.92 Å². The molecule has 19 heavy (non-hydrogen) atoms. The molecule has 112 valence electrons. The van der Waals surface area contributed by atoms with Crippen molar-refractivity contribution in [1.82, 2.24) is 10.2 Å². The maximum atomic E-state index is 3.78. The van der Waals surface area contributed by atoms with E-state index in [4.69, 9.17) is 0 Å². The summed E-state index contributed by atoms with van der Waals surface area (Å²) in [6, 6.07) is 1.72. The van der Waals surface area contributed by atoms with Gasteiger partial charge >= 0.3 is 0 Å². The first-order valence-corrected chi connectivity index (χ1v) is 8.73. The van der Waals surface area contributed by atoms with Gasteiger partial charge in [-0.25, -0.2) is 0 Å². The van der Waals surface area contributed by atoms with Gasteiger partial charge in [0.15, 0.2) is 0 Å². The largest absolute Gasteiger partial charge is 0.313 e. The monoisotopic (exact) mass is 266 g/mol. The summed E-state index contributed by atoms with van der Waals surface area (Å²) in [5.74, 6) is 0.840. The molecule has 0 heterocycles. The van der Waals surface area contributed by atoms with Crippen LogP contribution >= 0.6 is 0 Å². The summed E-state index contributed by atoms with van der Waals surface area (Å²) in [5.41, 5.74) is 0. The minimum absolute atomic E-state index is 0.829. The number of nitrogens with zero attached hydrogens (tertiary/aromatic N) is 1. The zero-order chi connectivity index (χ0) is 13.5. The molecule has 0 aromatic rings. The molecule has 2 nitrogen and oxygen atoms in total. The van der Waals surface area contributed by atoms with Gasteiger partial charge < -0.3 is 5.32 Å². The fraction of sp³-hybridized carbons (Fsp3) is 1.00. The van der Waals surface area contributed by atoms with Gasteiger partial charge in [0.25, 0.3) is 0 Å². The van der Waals surface area contributed by atoms with Gasteiger partial charge in [-0.1, -0.05) is 39.5 Å². The summed E-state index contributed by atoms with van der Waals surface area (Å²) >= 11 is 0. The molecule has 0 aromatic heterocycles. The van der Waals surface area contributed by atoms with E-state index in [0.29, 0.717) is 0 Å². The van der Waals surface area contributed by atoms with E-state index in [1.165, 1.54) is 77.4 Å². The van der Waals surface area contributed by atoms with Gasteiger partial charge in [-0.3, -0.25) is 4.90 Å². The lowest BCUT2D eigenvalue weighted by molar-refractivity contribution is 0.186. The Balaban J connectivity index is 1.68. The van der Waals surface area contributed by atoms with Crippen molar-refractivity contribution in [1.29, 1.82) is 0 Å². The Labute approximate surface area is 120 Å². The summed E-state index contributed by atoms with van der Waals surface area (Å²) in [4.78, 5) is 2.79. The molecule has 2 rings (SSSR count). The molecule has 0 radical (unpaired) electrons. The van der Waals surface area contributed by atoms with Crippen LogP contribution in [-0.4, -0.2) is 36.6 Å². The van der Waals surface area contributed by atoms with E-state index in [2.05, 4.69) is 24.1 Å². The molecule has 0 amide bonds. The van der Waals surface area contributed by atoms with Crippen LogP contribution in [0, 0.1) is 5.92 Å². The summed E-state index contributed by atoms with van der Waals surface area (Å²) < 4.78 is 0. The van der Waals surface area contributed by atoms with Gasteiger partial charge in [0.1, 0.15) is 0 Å². The Kier molecular flexibility index (Phi) is 6.66. The van der Waals surface area contributed by atoms with Crippen LogP contribution in [0.25, 0.3) is 0 Å². The van der Waals surface area contributed by atoms with E-state index in [1.807, 2.05) is 0 Å². The third-order valence-corrected chi connectivity index (χ3v) is 5.02. The molecule has 0 unspecified atom stereocenters. The molecule has 0 aromatic carbocycles. The van der Waals surface area contributed by atoms with Crippen molar-refractivity contribution >= 4 is 0 Å². The molecule has 2 saturated carbocycles. The quantitative estimate of drug-likeness (QED) is 0.718. The van der Waals surface area contributed by atoms with Crippen LogP contribution in [0.5, 0.6) is 0 Å². The summed E-state index contributed by atoms with van der Waals surface area (Å²) in [6.07, 6.45) is 12.9. The molecule has 2 aliphatic carbocycles. The van der Waals surface area contributed by atoms with E-state index < -0.39 is 0 Å². The van der Waals surface area contributed by atoms with Crippen LogP contribution in [-0.2, 0) is 0 Å². The lowest BCUT2D eigenvalue weighted by atomic mass is 10.1. The standard InChI is InChI=1S/C17H34N2/c1-15(2)11-13-19(17-9-5-6-10-17)14-12-18-16-7-3-4-8-16/h15-18H,3-14H2,1-2H3. The van der Waals surface area contributed by atoms with E-state index >= 15 is 0 Å². The van der Waals surface area contributed by atoms with Crippen LogP contribution in [0.1, 0.15) is 71.6 Å². The third kappa shape index (κ3) is 5.43. The first-order chi connectivity index (χ1) is 9.25. The predicted octanol–water partition coefficient (Wildman–Crippen LogP) is 3.81. The average molecular weight is 266 g/mol. The van der Waals surface area contributed by atoms with Crippen molar-refractivity contribution in [3.8, 4) is 0 Å². The van der Waals surface area contributed by atoms with Gasteiger partial charge in [0.05, 0.1) is 0 Å². The molecule has 2 aliphatic rings. The topological polar surface area (TPSA) is 15.3 Å². The highest BCUT2D eigenvalue weighted by Crippen LogP contribution is 2.24. The highest BCUT2D eigenvalue weighted by atomic mass is 15.2. The minimum atomic E-state index is 0.829. The van der Waals surface area contributed by atoms with Crippen LogP contribution in [0.15, 0.2) is 0 Å². The molecule has 0 atom stereocenters. The van der Waals surface area contributed by atoms with Crippen LogP contribution in [0.3, 0.4) is 0 Å². The van der Waals surface area contributed by atoms with Crippen LogP contribution < -0.4 is 5.32 Å². The Bertz CT molecular complexity index is 227. The molecule has 0 saturated heterocycles. The number of hydrogen-bond donors (Lipinski definition) is 1. The maximum Gasteiger partial charge on any atom is 0.0110 e. The summed E-state index contributed by atoms with van der Waals surface area (Å²) in [7, 11) is 0. The highest BCUT2D eigenvalue weighted by Gasteiger charge is 2.22. The fourth-order valence-corrected chi connectivity index (χ4v) is 3.71. The molecule has 1 N–H and O–H groups in total. The van der Waals surface area contributed by atoms with Gasteiger partial charge in [0, 0.05) is 25.2 Å². The van der Waals surface area contributed by atoms with E-state index in [9.17, 15) is 0 Å². The molecule has 2 heteroatoms. The second kappa shape index (κ2) is 8.26. The zero-order valence-corrected chi connectivity index (χ0v) is 13.2. The van der Waals surface area contributed by atoms with Crippen molar-refractivity contribution in [2.45, 2.75) is 83.7 Å². The molecular formula is C17H34N2. The summed E-state index contributed by atoms with van der Waals surface area (Å²) in [6.45, 7) is 8.50. The first-order valence-electron chi connectivity index (χ1n) is 8.73. The van der Waals surface area contributed by atoms with Crippen molar-refractivity contribution in [3.05, 3.63) is 0 Å². The first kappa shape index (κ1) is 15.3. The Morgan fingerprint density at radius 3 is 2.21 bits per heavy atom. The second-order valence-electron chi connectivity index (χ2n) is 7.09. The smallest absolute Gasteiger partial charge is 0.0110 e. The predicted molar refractivity (Wildman–Crippen MR) is 83.5 cm³/mol. The number of rotatable bonds is 8. The highest BCUT2D eigenvalue weighted by molar-refractivity contribution is 4.79. The van der Waals surface area contributed by atoms with E-state index in [-0.39, 0.29) is 0 Å². The number of hydrogen-bond acceptors (Lipinski definition) is 2. The molecule has 0 spiro atoms. The molecule has 0 bridgehead atoms. The maximum absolute atomic E-state index is 3.78. The van der Waals surface area contributed by atoms with Gasteiger partial charge in [-0.15, -0.1) is 0 Å². The molecular weight excluding hydrogens is 232 g/mol. The fourth-order valence-electron chi connectivity index (χ4n) is 3.71. The van der Waals surface area contributed by atoms with Gasteiger partial charge in [-0.05, 0) is 44.6 Å². The zero-order valence-electron chi connectivity index (χ0n) is 13.2. The summed E-state index contributed by atoms with van der Waals surface area (Å²) in [5, 5.41) is 3.78. The van der Waals surface area contributed by atoms with Gasteiger partial charge in [-0.2, -0.15) is 0 Å². The van der Waals surface area contributed by atoms with Crippen molar-refractivity contribution in [3.63, 3.8) is 0 Å².